The van der Waals surface area contributed by atoms with Crippen molar-refractivity contribution in [2.75, 3.05) is 6.54 Å². The maximum Gasteiger partial charge on any atom is 0.148 e. The summed E-state index contributed by atoms with van der Waals surface area (Å²) in [6.07, 6.45) is 1.81. The van der Waals surface area contributed by atoms with Gasteiger partial charge in [0.1, 0.15) is 5.78 Å². The van der Waals surface area contributed by atoms with Crippen LogP contribution in [0, 0.1) is 0 Å². The number of hydrogen-bond acceptors (Lipinski definition) is 2. The Morgan fingerprint density at radius 3 is 2.73 bits per heavy atom. The predicted octanol–water partition coefficient (Wildman–Crippen LogP) is 2.24. The van der Waals surface area contributed by atoms with E-state index in [1.165, 1.54) is 5.56 Å². The van der Waals surface area contributed by atoms with E-state index < -0.39 is 0 Å². The molecule has 1 atom stereocenters. The molecular weight excluding hydrogens is 186 g/mol. The first kappa shape index (κ1) is 10.4. The molecule has 0 radical (unpaired) electrons. The smallest absolute Gasteiger partial charge is 0.148 e. The number of rotatable bonds is 3. The highest BCUT2D eigenvalue weighted by atomic mass is 16.1. The van der Waals surface area contributed by atoms with E-state index in [-0.39, 0.29) is 0 Å². The second-order valence-electron chi connectivity index (χ2n) is 4.20. The van der Waals surface area contributed by atoms with Gasteiger partial charge in [-0.1, -0.05) is 37.3 Å². The average Bonchev–Trinajstić information content (AvgIpc) is 2.60. The molecule has 1 aromatic carbocycles. The molecule has 1 aromatic rings. The summed E-state index contributed by atoms with van der Waals surface area (Å²) in [4.78, 5) is 13.7. The molecule has 2 rings (SSSR count). The summed E-state index contributed by atoms with van der Waals surface area (Å²) >= 11 is 0. The van der Waals surface area contributed by atoms with Crippen molar-refractivity contribution in [3.63, 3.8) is 0 Å². The van der Waals surface area contributed by atoms with Gasteiger partial charge in [-0.05, 0) is 12.0 Å². The van der Waals surface area contributed by atoms with Crippen LogP contribution in [-0.2, 0) is 11.3 Å². The van der Waals surface area contributed by atoms with Gasteiger partial charge in [0, 0.05) is 19.0 Å². The fourth-order valence-electron chi connectivity index (χ4n) is 2.22. The predicted molar refractivity (Wildman–Crippen MR) is 60.6 cm³/mol. The Hall–Kier alpha value is -1.15. The molecule has 0 aliphatic carbocycles. The third-order valence-corrected chi connectivity index (χ3v) is 3.06. The lowest BCUT2D eigenvalue weighted by Gasteiger charge is -2.22. The number of benzene rings is 1. The van der Waals surface area contributed by atoms with Gasteiger partial charge in [-0.2, -0.15) is 0 Å². The lowest BCUT2D eigenvalue weighted by Crippen LogP contribution is -2.28. The minimum atomic E-state index is 0.387. The standard InChI is InChI=1S/C13H17NO/c1-2-12-8-13(15)10-14(12)9-11-6-4-3-5-7-11/h3-7,12H,2,8-10H2,1H3. The summed E-state index contributed by atoms with van der Waals surface area (Å²) in [7, 11) is 0. The van der Waals surface area contributed by atoms with Crippen LogP contribution in [-0.4, -0.2) is 23.3 Å². The first-order chi connectivity index (χ1) is 7.29. The van der Waals surface area contributed by atoms with Crippen molar-refractivity contribution < 1.29 is 4.79 Å². The second kappa shape index (κ2) is 4.58. The van der Waals surface area contributed by atoms with E-state index >= 15 is 0 Å². The Labute approximate surface area is 90.9 Å². The highest BCUT2D eigenvalue weighted by molar-refractivity contribution is 5.83. The molecule has 0 saturated carbocycles. The molecule has 0 amide bonds. The summed E-state index contributed by atoms with van der Waals surface area (Å²) < 4.78 is 0. The Morgan fingerprint density at radius 1 is 1.33 bits per heavy atom. The number of Topliss-reactive ketones (excluding diaryl/α,β-unsaturated/α-hetero) is 1. The van der Waals surface area contributed by atoms with Crippen LogP contribution in [0.3, 0.4) is 0 Å². The van der Waals surface area contributed by atoms with Crippen LogP contribution in [0.2, 0.25) is 0 Å². The first-order valence-corrected chi connectivity index (χ1v) is 5.59. The number of nitrogens with zero attached hydrogens (tertiary/aromatic N) is 1. The van der Waals surface area contributed by atoms with Gasteiger partial charge in [-0.3, -0.25) is 9.69 Å². The number of likely N-dealkylation sites (tertiary alicyclic amines) is 1. The third-order valence-electron chi connectivity index (χ3n) is 3.06. The molecule has 0 bridgehead atoms. The molecular formula is C13H17NO. The van der Waals surface area contributed by atoms with Crippen molar-refractivity contribution in [1.29, 1.82) is 0 Å². The zero-order chi connectivity index (χ0) is 10.7. The Bertz CT molecular complexity index is 334. The molecule has 1 unspecified atom stereocenters. The topological polar surface area (TPSA) is 20.3 Å². The summed E-state index contributed by atoms with van der Waals surface area (Å²) in [5.74, 6) is 0.387. The van der Waals surface area contributed by atoms with Crippen molar-refractivity contribution in [2.45, 2.75) is 32.4 Å². The van der Waals surface area contributed by atoms with Crippen LogP contribution >= 0.6 is 0 Å². The summed E-state index contributed by atoms with van der Waals surface area (Å²) in [5.41, 5.74) is 1.30. The SMILES string of the molecule is CCC1CC(=O)CN1Cc1ccccc1. The Morgan fingerprint density at radius 2 is 2.07 bits per heavy atom. The normalized spacial score (nSPS) is 22.2. The molecule has 1 aliphatic heterocycles. The molecule has 2 nitrogen and oxygen atoms in total. The van der Waals surface area contributed by atoms with Gasteiger partial charge in [0.25, 0.3) is 0 Å². The van der Waals surface area contributed by atoms with Crippen LogP contribution in [0.4, 0.5) is 0 Å². The van der Waals surface area contributed by atoms with Crippen LogP contribution < -0.4 is 0 Å². The molecule has 1 aliphatic rings. The maximum absolute atomic E-state index is 11.4. The molecule has 80 valence electrons. The van der Waals surface area contributed by atoms with Crippen LogP contribution in [0.15, 0.2) is 30.3 Å². The minimum absolute atomic E-state index is 0.387. The lowest BCUT2D eigenvalue weighted by atomic mass is 10.1. The van der Waals surface area contributed by atoms with E-state index in [0.29, 0.717) is 18.4 Å². The molecule has 0 aromatic heterocycles. The second-order valence-corrected chi connectivity index (χ2v) is 4.20. The van der Waals surface area contributed by atoms with Gasteiger partial charge in [0.15, 0.2) is 0 Å². The summed E-state index contributed by atoms with van der Waals surface area (Å²) in [5, 5.41) is 0. The van der Waals surface area contributed by atoms with Crippen molar-refractivity contribution in [1.82, 2.24) is 4.90 Å². The zero-order valence-electron chi connectivity index (χ0n) is 9.15. The van der Waals surface area contributed by atoms with Gasteiger partial charge >= 0.3 is 0 Å². The molecule has 1 saturated heterocycles. The molecule has 0 N–H and O–H groups in total. The summed E-state index contributed by atoms with van der Waals surface area (Å²) in [6.45, 7) is 3.69. The minimum Gasteiger partial charge on any atom is -0.298 e. The largest absolute Gasteiger partial charge is 0.298 e. The quantitative estimate of drug-likeness (QED) is 0.751. The van der Waals surface area contributed by atoms with E-state index in [0.717, 1.165) is 19.4 Å². The van der Waals surface area contributed by atoms with Gasteiger partial charge in [0.2, 0.25) is 0 Å². The lowest BCUT2D eigenvalue weighted by molar-refractivity contribution is -0.117. The van der Waals surface area contributed by atoms with Gasteiger partial charge in [-0.15, -0.1) is 0 Å². The molecule has 0 spiro atoms. The molecule has 2 heteroatoms. The Balaban J connectivity index is 2.03. The van der Waals surface area contributed by atoms with Crippen LogP contribution in [0.1, 0.15) is 25.3 Å². The molecule has 1 fully saturated rings. The average molecular weight is 203 g/mol. The van der Waals surface area contributed by atoms with E-state index in [9.17, 15) is 4.79 Å². The van der Waals surface area contributed by atoms with E-state index in [1.54, 1.807) is 0 Å². The van der Waals surface area contributed by atoms with Crippen molar-refractivity contribution in [3.05, 3.63) is 35.9 Å². The van der Waals surface area contributed by atoms with E-state index in [1.807, 2.05) is 18.2 Å². The number of hydrogen-bond donors (Lipinski definition) is 0. The van der Waals surface area contributed by atoms with Crippen molar-refractivity contribution >= 4 is 5.78 Å². The highest BCUT2D eigenvalue weighted by Gasteiger charge is 2.28. The summed E-state index contributed by atoms with van der Waals surface area (Å²) in [6, 6.07) is 10.8. The zero-order valence-corrected chi connectivity index (χ0v) is 9.15. The number of carbonyl (C=O) groups is 1. The first-order valence-electron chi connectivity index (χ1n) is 5.59. The number of carbonyl (C=O) groups excluding carboxylic acids is 1. The highest BCUT2D eigenvalue weighted by Crippen LogP contribution is 2.19. The van der Waals surface area contributed by atoms with Gasteiger partial charge in [-0.25, -0.2) is 0 Å². The molecule has 1 heterocycles. The fourth-order valence-corrected chi connectivity index (χ4v) is 2.22. The van der Waals surface area contributed by atoms with Gasteiger partial charge in [0.05, 0.1) is 6.54 Å². The van der Waals surface area contributed by atoms with Crippen molar-refractivity contribution in [3.8, 4) is 0 Å². The number of ketones is 1. The Kier molecular flexibility index (Phi) is 3.17. The van der Waals surface area contributed by atoms with E-state index in [2.05, 4.69) is 24.0 Å². The van der Waals surface area contributed by atoms with E-state index in [4.69, 9.17) is 0 Å². The fraction of sp³-hybridized carbons (Fsp3) is 0.462. The van der Waals surface area contributed by atoms with Crippen molar-refractivity contribution in [2.24, 2.45) is 0 Å². The van der Waals surface area contributed by atoms with Crippen LogP contribution in [0.5, 0.6) is 0 Å². The maximum atomic E-state index is 11.4. The monoisotopic (exact) mass is 203 g/mol. The van der Waals surface area contributed by atoms with Gasteiger partial charge < -0.3 is 0 Å². The van der Waals surface area contributed by atoms with Crippen LogP contribution in [0.25, 0.3) is 0 Å². The molecule has 15 heavy (non-hydrogen) atoms. The third kappa shape index (κ3) is 2.45.